The highest BCUT2D eigenvalue weighted by atomic mass is 16.5. The Bertz CT molecular complexity index is 890. The maximum atomic E-state index is 12.4. The SMILES string of the molecule is O=c1c2nccnc2ncn1C[C@H]1CCc2ccccc2O1. The van der Waals surface area contributed by atoms with Crippen LogP contribution in [0.2, 0.25) is 0 Å². The van der Waals surface area contributed by atoms with E-state index in [1.165, 1.54) is 24.3 Å². The van der Waals surface area contributed by atoms with Gasteiger partial charge in [0.05, 0.1) is 6.54 Å². The summed E-state index contributed by atoms with van der Waals surface area (Å²) in [6.45, 7) is 0.465. The summed E-state index contributed by atoms with van der Waals surface area (Å²) in [4.78, 5) is 24.7. The van der Waals surface area contributed by atoms with Crippen molar-refractivity contribution in [2.75, 3.05) is 0 Å². The number of para-hydroxylation sites is 1. The average Bonchev–Trinajstić information content (AvgIpc) is 2.57. The number of rotatable bonds is 2. The summed E-state index contributed by atoms with van der Waals surface area (Å²) in [5, 5.41) is 0. The van der Waals surface area contributed by atoms with E-state index in [0.717, 1.165) is 18.6 Å². The van der Waals surface area contributed by atoms with Crippen molar-refractivity contribution in [2.24, 2.45) is 0 Å². The summed E-state index contributed by atoms with van der Waals surface area (Å²) in [5.74, 6) is 0.903. The molecule has 0 radical (unpaired) electrons. The van der Waals surface area contributed by atoms with E-state index in [1.54, 1.807) is 4.57 Å². The molecule has 110 valence electrons. The van der Waals surface area contributed by atoms with Crippen LogP contribution in [-0.4, -0.2) is 25.6 Å². The monoisotopic (exact) mass is 294 g/mol. The lowest BCUT2D eigenvalue weighted by molar-refractivity contribution is 0.152. The van der Waals surface area contributed by atoms with E-state index >= 15 is 0 Å². The lowest BCUT2D eigenvalue weighted by atomic mass is 10.0. The van der Waals surface area contributed by atoms with Crippen molar-refractivity contribution in [1.82, 2.24) is 19.5 Å². The standard InChI is InChI=1S/C16H14N4O2/c21-16-14-15(18-8-7-17-14)19-10-20(16)9-12-6-5-11-3-1-2-4-13(11)22-12/h1-4,7-8,10,12H,5-6,9H2/t12-/m1/s1. The molecule has 2 aromatic heterocycles. The van der Waals surface area contributed by atoms with Gasteiger partial charge >= 0.3 is 0 Å². The van der Waals surface area contributed by atoms with Crippen LogP contribution < -0.4 is 10.3 Å². The molecule has 3 heterocycles. The predicted molar refractivity (Wildman–Crippen MR) is 80.8 cm³/mol. The highest BCUT2D eigenvalue weighted by Gasteiger charge is 2.20. The molecule has 0 N–H and O–H groups in total. The van der Waals surface area contributed by atoms with Crippen molar-refractivity contribution in [3.63, 3.8) is 0 Å². The molecule has 0 amide bonds. The lowest BCUT2D eigenvalue weighted by Gasteiger charge is -2.26. The highest BCUT2D eigenvalue weighted by Crippen LogP contribution is 2.27. The van der Waals surface area contributed by atoms with Crippen LogP contribution in [0.15, 0.2) is 47.8 Å². The zero-order valence-corrected chi connectivity index (χ0v) is 11.8. The van der Waals surface area contributed by atoms with Crippen LogP contribution >= 0.6 is 0 Å². The Balaban J connectivity index is 1.62. The topological polar surface area (TPSA) is 69.9 Å². The molecule has 0 unspecified atom stereocenters. The van der Waals surface area contributed by atoms with Gasteiger partial charge in [-0.15, -0.1) is 0 Å². The Kier molecular flexibility index (Phi) is 3.07. The minimum atomic E-state index is -0.180. The molecule has 0 saturated carbocycles. The molecule has 6 heteroatoms. The van der Waals surface area contributed by atoms with Gasteiger partial charge < -0.3 is 4.74 Å². The number of fused-ring (bicyclic) bond motifs is 2. The maximum Gasteiger partial charge on any atom is 0.281 e. The number of nitrogens with zero attached hydrogens (tertiary/aromatic N) is 4. The normalized spacial score (nSPS) is 17.0. The van der Waals surface area contributed by atoms with Gasteiger partial charge in [0.15, 0.2) is 11.2 Å². The summed E-state index contributed by atoms with van der Waals surface area (Å²) < 4.78 is 7.53. The number of aryl methyl sites for hydroxylation is 1. The fraction of sp³-hybridized carbons (Fsp3) is 0.250. The van der Waals surface area contributed by atoms with E-state index < -0.39 is 0 Å². The van der Waals surface area contributed by atoms with Crippen molar-refractivity contribution in [3.05, 3.63) is 58.9 Å². The summed E-state index contributed by atoms with van der Waals surface area (Å²) in [6, 6.07) is 8.01. The summed E-state index contributed by atoms with van der Waals surface area (Å²) in [7, 11) is 0. The van der Waals surface area contributed by atoms with Crippen LogP contribution in [0.1, 0.15) is 12.0 Å². The summed E-state index contributed by atoms with van der Waals surface area (Å²) in [6.07, 6.45) is 6.34. The third-order valence-corrected chi connectivity index (χ3v) is 3.86. The molecule has 0 saturated heterocycles. The molecule has 0 aliphatic carbocycles. The molecule has 0 spiro atoms. The first kappa shape index (κ1) is 12.9. The van der Waals surface area contributed by atoms with Gasteiger partial charge in [-0.3, -0.25) is 9.36 Å². The second kappa shape index (κ2) is 5.22. The van der Waals surface area contributed by atoms with Gasteiger partial charge in [0.1, 0.15) is 18.2 Å². The fourth-order valence-corrected chi connectivity index (χ4v) is 2.75. The van der Waals surface area contributed by atoms with Crippen LogP contribution in [0.25, 0.3) is 11.2 Å². The molecule has 22 heavy (non-hydrogen) atoms. The van der Waals surface area contributed by atoms with Gasteiger partial charge in [0, 0.05) is 12.4 Å². The third-order valence-electron chi connectivity index (χ3n) is 3.86. The summed E-state index contributed by atoms with van der Waals surface area (Å²) in [5.41, 5.74) is 1.70. The molecular weight excluding hydrogens is 280 g/mol. The van der Waals surface area contributed by atoms with E-state index in [4.69, 9.17) is 4.74 Å². The Morgan fingerprint density at radius 1 is 1.18 bits per heavy atom. The average molecular weight is 294 g/mol. The molecule has 1 aliphatic heterocycles. The molecule has 1 aromatic carbocycles. The largest absolute Gasteiger partial charge is 0.488 e. The molecule has 1 atom stereocenters. The van der Waals surface area contributed by atoms with Gasteiger partial charge in [0.25, 0.3) is 5.56 Å². The van der Waals surface area contributed by atoms with Gasteiger partial charge in [-0.1, -0.05) is 18.2 Å². The first-order valence-electron chi connectivity index (χ1n) is 7.22. The van der Waals surface area contributed by atoms with Crippen molar-refractivity contribution < 1.29 is 4.74 Å². The second-order valence-corrected chi connectivity index (χ2v) is 5.32. The molecule has 0 bridgehead atoms. The van der Waals surface area contributed by atoms with Crippen LogP contribution in [0, 0.1) is 0 Å². The van der Waals surface area contributed by atoms with E-state index in [1.807, 2.05) is 18.2 Å². The first-order chi connectivity index (χ1) is 10.8. The number of hydrogen-bond donors (Lipinski definition) is 0. The van der Waals surface area contributed by atoms with Gasteiger partial charge in [-0.25, -0.2) is 15.0 Å². The van der Waals surface area contributed by atoms with E-state index in [2.05, 4.69) is 21.0 Å². The van der Waals surface area contributed by atoms with Crippen LogP contribution in [-0.2, 0) is 13.0 Å². The quantitative estimate of drug-likeness (QED) is 0.717. The predicted octanol–water partition coefficient (Wildman–Crippen LogP) is 1.58. The van der Waals surface area contributed by atoms with Gasteiger partial charge in [-0.05, 0) is 24.5 Å². The number of hydrogen-bond acceptors (Lipinski definition) is 5. The highest BCUT2D eigenvalue weighted by molar-refractivity contribution is 5.66. The van der Waals surface area contributed by atoms with Crippen molar-refractivity contribution in [2.45, 2.75) is 25.5 Å². The molecule has 6 nitrogen and oxygen atoms in total. The van der Waals surface area contributed by atoms with Crippen molar-refractivity contribution >= 4 is 11.2 Å². The van der Waals surface area contributed by atoms with Gasteiger partial charge in [0.2, 0.25) is 0 Å². The minimum Gasteiger partial charge on any atom is -0.488 e. The van der Waals surface area contributed by atoms with Crippen molar-refractivity contribution in [1.29, 1.82) is 0 Å². The fourth-order valence-electron chi connectivity index (χ4n) is 2.75. The minimum absolute atomic E-state index is 0.0384. The third kappa shape index (κ3) is 2.22. The van der Waals surface area contributed by atoms with Crippen LogP contribution in [0.3, 0.4) is 0 Å². The van der Waals surface area contributed by atoms with Crippen molar-refractivity contribution in [3.8, 4) is 5.75 Å². The molecule has 3 aromatic rings. The lowest BCUT2D eigenvalue weighted by Crippen LogP contribution is -2.33. The van der Waals surface area contributed by atoms with Gasteiger partial charge in [-0.2, -0.15) is 0 Å². The smallest absolute Gasteiger partial charge is 0.281 e. The number of aromatic nitrogens is 4. The molecule has 4 rings (SSSR count). The Morgan fingerprint density at radius 2 is 2.05 bits per heavy atom. The summed E-state index contributed by atoms with van der Waals surface area (Å²) >= 11 is 0. The zero-order chi connectivity index (χ0) is 14.9. The Morgan fingerprint density at radius 3 is 3.00 bits per heavy atom. The second-order valence-electron chi connectivity index (χ2n) is 5.32. The zero-order valence-electron chi connectivity index (χ0n) is 11.8. The maximum absolute atomic E-state index is 12.4. The van der Waals surface area contributed by atoms with E-state index in [9.17, 15) is 4.79 Å². The number of benzene rings is 1. The van der Waals surface area contributed by atoms with Crippen LogP contribution in [0.5, 0.6) is 5.75 Å². The Labute approximate surface area is 126 Å². The molecule has 1 aliphatic rings. The first-order valence-corrected chi connectivity index (χ1v) is 7.22. The van der Waals surface area contributed by atoms with E-state index in [0.29, 0.717) is 17.7 Å². The molecule has 0 fully saturated rings. The van der Waals surface area contributed by atoms with Crippen LogP contribution in [0.4, 0.5) is 0 Å². The molecular formula is C16H14N4O2. The number of ether oxygens (including phenoxy) is 1. The van der Waals surface area contributed by atoms with E-state index in [-0.39, 0.29) is 11.7 Å². The Hall–Kier alpha value is -2.76.